The summed E-state index contributed by atoms with van der Waals surface area (Å²) < 4.78 is 31.4. The molecule has 0 atom stereocenters. The van der Waals surface area contributed by atoms with Gasteiger partial charge in [0.25, 0.3) is 5.92 Å². The quantitative estimate of drug-likeness (QED) is 0.557. The molecule has 0 aliphatic carbocycles. The second kappa shape index (κ2) is 7.99. The third kappa shape index (κ3) is 8.75. The first-order valence-electron chi connectivity index (χ1n) is 5.66. The molecule has 0 bridgehead atoms. The van der Waals surface area contributed by atoms with Gasteiger partial charge in [0, 0.05) is 6.61 Å². The SMILES string of the molecule is CCCCCOCC(F)(F)CN(C)CC. The molecular weight excluding hydrogens is 200 g/mol. The fraction of sp³-hybridized carbons (Fsp3) is 1.00. The van der Waals surface area contributed by atoms with Crippen molar-refractivity contribution in [2.24, 2.45) is 0 Å². The number of halogens is 2. The molecule has 0 unspecified atom stereocenters. The Labute approximate surface area is 91.6 Å². The van der Waals surface area contributed by atoms with Gasteiger partial charge in [-0.25, -0.2) is 8.78 Å². The monoisotopic (exact) mass is 223 g/mol. The number of unbranched alkanes of at least 4 members (excludes halogenated alkanes) is 2. The van der Waals surface area contributed by atoms with Crippen LogP contribution in [0.3, 0.4) is 0 Å². The van der Waals surface area contributed by atoms with Crippen LogP contribution in [0.1, 0.15) is 33.1 Å². The maximum atomic E-state index is 13.2. The zero-order valence-electron chi connectivity index (χ0n) is 10.1. The van der Waals surface area contributed by atoms with Gasteiger partial charge in [-0.15, -0.1) is 0 Å². The summed E-state index contributed by atoms with van der Waals surface area (Å²) in [4.78, 5) is 1.59. The minimum atomic E-state index is -2.73. The van der Waals surface area contributed by atoms with Gasteiger partial charge in [-0.3, -0.25) is 0 Å². The first-order chi connectivity index (χ1) is 7.02. The van der Waals surface area contributed by atoms with Crippen molar-refractivity contribution in [3.8, 4) is 0 Å². The molecule has 0 amide bonds. The summed E-state index contributed by atoms with van der Waals surface area (Å²) in [5.74, 6) is -2.73. The standard InChI is InChI=1S/C11H23F2NO/c1-4-6-7-8-15-10-11(12,13)9-14(3)5-2/h4-10H2,1-3H3. The molecule has 15 heavy (non-hydrogen) atoms. The molecule has 0 aromatic heterocycles. The Morgan fingerprint density at radius 2 is 1.87 bits per heavy atom. The Hall–Kier alpha value is -0.220. The first-order valence-corrected chi connectivity index (χ1v) is 5.66. The zero-order valence-corrected chi connectivity index (χ0v) is 10.1. The molecule has 0 fully saturated rings. The van der Waals surface area contributed by atoms with Gasteiger partial charge in [-0.1, -0.05) is 26.7 Å². The van der Waals surface area contributed by atoms with Crippen molar-refractivity contribution in [3.05, 3.63) is 0 Å². The molecule has 0 aliphatic heterocycles. The topological polar surface area (TPSA) is 12.5 Å². The highest BCUT2D eigenvalue weighted by Gasteiger charge is 2.30. The lowest BCUT2D eigenvalue weighted by molar-refractivity contribution is -0.0914. The normalized spacial score (nSPS) is 12.4. The van der Waals surface area contributed by atoms with E-state index in [1.54, 1.807) is 11.9 Å². The smallest absolute Gasteiger partial charge is 0.283 e. The molecule has 0 rings (SSSR count). The Morgan fingerprint density at radius 3 is 2.40 bits per heavy atom. The molecule has 4 heteroatoms. The van der Waals surface area contributed by atoms with Crippen LogP contribution in [-0.2, 0) is 4.74 Å². The number of alkyl halides is 2. The predicted octanol–water partition coefficient (Wildman–Crippen LogP) is 2.78. The summed E-state index contributed by atoms with van der Waals surface area (Å²) in [6.07, 6.45) is 2.99. The predicted molar refractivity (Wildman–Crippen MR) is 58.5 cm³/mol. The van der Waals surface area contributed by atoms with Crippen LogP contribution in [0.2, 0.25) is 0 Å². The van der Waals surface area contributed by atoms with E-state index in [-0.39, 0.29) is 6.54 Å². The van der Waals surface area contributed by atoms with Crippen LogP contribution in [0.25, 0.3) is 0 Å². The Balaban J connectivity index is 3.55. The molecule has 0 aliphatic rings. The summed E-state index contributed by atoms with van der Waals surface area (Å²) in [5.41, 5.74) is 0. The average Bonchev–Trinajstić information content (AvgIpc) is 2.16. The van der Waals surface area contributed by atoms with E-state index in [1.165, 1.54) is 0 Å². The van der Waals surface area contributed by atoms with Gasteiger partial charge < -0.3 is 9.64 Å². The van der Waals surface area contributed by atoms with Crippen LogP contribution in [0.5, 0.6) is 0 Å². The second-order valence-electron chi connectivity index (χ2n) is 3.95. The van der Waals surface area contributed by atoms with Crippen LogP contribution in [0.15, 0.2) is 0 Å². The highest BCUT2D eigenvalue weighted by atomic mass is 19.3. The lowest BCUT2D eigenvalue weighted by Gasteiger charge is -2.22. The summed E-state index contributed by atoms with van der Waals surface area (Å²) in [7, 11) is 1.69. The zero-order chi connectivity index (χ0) is 11.7. The Kier molecular flexibility index (Phi) is 7.88. The third-order valence-corrected chi connectivity index (χ3v) is 2.25. The van der Waals surface area contributed by atoms with E-state index in [4.69, 9.17) is 4.74 Å². The lowest BCUT2D eigenvalue weighted by Crippen LogP contribution is -2.38. The second-order valence-corrected chi connectivity index (χ2v) is 3.95. The summed E-state index contributed by atoms with van der Waals surface area (Å²) in [5, 5.41) is 0. The minimum Gasteiger partial charge on any atom is -0.375 e. The molecule has 0 N–H and O–H groups in total. The number of hydrogen-bond acceptors (Lipinski definition) is 2. The maximum Gasteiger partial charge on any atom is 0.283 e. The number of ether oxygens (including phenoxy) is 1. The molecule has 0 aromatic rings. The highest BCUT2D eigenvalue weighted by Crippen LogP contribution is 2.15. The van der Waals surface area contributed by atoms with E-state index in [2.05, 4.69) is 6.92 Å². The van der Waals surface area contributed by atoms with E-state index in [9.17, 15) is 8.78 Å². The van der Waals surface area contributed by atoms with Crippen LogP contribution < -0.4 is 0 Å². The van der Waals surface area contributed by atoms with Gasteiger partial charge in [0.2, 0.25) is 0 Å². The van der Waals surface area contributed by atoms with Crippen molar-refractivity contribution in [3.63, 3.8) is 0 Å². The van der Waals surface area contributed by atoms with Crippen molar-refractivity contribution in [1.29, 1.82) is 0 Å². The van der Waals surface area contributed by atoms with Crippen molar-refractivity contribution in [2.45, 2.75) is 39.0 Å². The average molecular weight is 223 g/mol. The molecule has 0 heterocycles. The van der Waals surface area contributed by atoms with Gasteiger partial charge in [-0.05, 0) is 20.0 Å². The highest BCUT2D eigenvalue weighted by molar-refractivity contribution is 4.69. The minimum absolute atomic E-state index is 0.225. The molecule has 0 saturated heterocycles. The first kappa shape index (κ1) is 14.8. The number of nitrogens with zero attached hydrogens (tertiary/aromatic N) is 1. The molecule has 2 nitrogen and oxygen atoms in total. The van der Waals surface area contributed by atoms with E-state index >= 15 is 0 Å². The molecule has 0 radical (unpaired) electrons. The maximum absolute atomic E-state index is 13.2. The lowest BCUT2D eigenvalue weighted by atomic mass is 10.3. The van der Waals surface area contributed by atoms with Crippen LogP contribution in [0.4, 0.5) is 8.78 Å². The van der Waals surface area contributed by atoms with Gasteiger partial charge in [0.05, 0.1) is 6.54 Å². The van der Waals surface area contributed by atoms with E-state index in [1.807, 2.05) is 6.92 Å². The molecule has 0 aromatic carbocycles. The summed E-state index contributed by atoms with van der Waals surface area (Å²) in [6, 6.07) is 0. The van der Waals surface area contributed by atoms with Crippen molar-refractivity contribution in [1.82, 2.24) is 4.90 Å². The summed E-state index contributed by atoms with van der Waals surface area (Å²) in [6.45, 7) is 4.33. The van der Waals surface area contributed by atoms with Gasteiger partial charge in [0.1, 0.15) is 6.61 Å². The van der Waals surface area contributed by atoms with Crippen molar-refractivity contribution >= 4 is 0 Å². The largest absolute Gasteiger partial charge is 0.375 e. The fourth-order valence-electron chi connectivity index (χ4n) is 1.23. The number of rotatable bonds is 9. The molecule has 92 valence electrons. The van der Waals surface area contributed by atoms with Crippen LogP contribution in [-0.4, -0.2) is 44.2 Å². The fourth-order valence-corrected chi connectivity index (χ4v) is 1.23. The Bertz CT molecular complexity index is 154. The van der Waals surface area contributed by atoms with Gasteiger partial charge in [-0.2, -0.15) is 0 Å². The third-order valence-electron chi connectivity index (χ3n) is 2.25. The molecular formula is C11H23F2NO. The van der Waals surface area contributed by atoms with E-state index < -0.39 is 12.5 Å². The van der Waals surface area contributed by atoms with Crippen molar-refractivity contribution in [2.75, 3.05) is 33.4 Å². The molecule has 0 saturated carbocycles. The van der Waals surface area contributed by atoms with Gasteiger partial charge >= 0.3 is 0 Å². The Morgan fingerprint density at radius 1 is 1.20 bits per heavy atom. The van der Waals surface area contributed by atoms with Gasteiger partial charge in [0.15, 0.2) is 0 Å². The van der Waals surface area contributed by atoms with Crippen molar-refractivity contribution < 1.29 is 13.5 Å². The van der Waals surface area contributed by atoms with E-state index in [0.29, 0.717) is 13.2 Å². The number of hydrogen-bond donors (Lipinski definition) is 0. The van der Waals surface area contributed by atoms with Crippen LogP contribution >= 0.6 is 0 Å². The van der Waals surface area contributed by atoms with Crippen LogP contribution in [0, 0.1) is 0 Å². The van der Waals surface area contributed by atoms with E-state index in [0.717, 1.165) is 19.3 Å². The molecule has 0 spiro atoms. The summed E-state index contributed by atoms with van der Waals surface area (Å²) >= 11 is 0.